The SMILES string of the molecule is CCC1CN2CCc3cc(OC)c(OC)cc3C2CC1=C(C#N)C#N. The van der Waals surface area contributed by atoms with Crippen LogP contribution in [0.3, 0.4) is 0 Å². The smallest absolute Gasteiger partial charge is 0.161 e. The molecule has 0 saturated carbocycles. The van der Waals surface area contributed by atoms with E-state index in [2.05, 4.69) is 36.1 Å². The molecule has 0 N–H and O–H groups in total. The van der Waals surface area contributed by atoms with E-state index in [0.29, 0.717) is 5.57 Å². The topological polar surface area (TPSA) is 69.3 Å². The molecule has 1 saturated heterocycles. The van der Waals surface area contributed by atoms with Crippen LogP contribution >= 0.6 is 0 Å². The van der Waals surface area contributed by atoms with Gasteiger partial charge in [-0.1, -0.05) is 6.92 Å². The molecule has 0 radical (unpaired) electrons. The van der Waals surface area contributed by atoms with Crippen molar-refractivity contribution >= 4 is 0 Å². The molecule has 0 amide bonds. The molecule has 1 aromatic rings. The molecule has 1 aromatic carbocycles. The van der Waals surface area contributed by atoms with E-state index in [1.807, 2.05) is 0 Å². The highest BCUT2D eigenvalue weighted by molar-refractivity contribution is 5.51. The van der Waals surface area contributed by atoms with Crippen molar-refractivity contribution in [1.29, 1.82) is 10.5 Å². The van der Waals surface area contributed by atoms with Crippen LogP contribution in [0.5, 0.6) is 11.5 Å². The molecular weight excluding hydrogens is 314 g/mol. The number of allylic oxidation sites excluding steroid dienone is 1. The maximum Gasteiger partial charge on any atom is 0.161 e. The summed E-state index contributed by atoms with van der Waals surface area (Å²) in [5, 5.41) is 18.7. The van der Waals surface area contributed by atoms with Crippen molar-refractivity contribution < 1.29 is 9.47 Å². The molecule has 0 spiro atoms. The summed E-state index contributed by atoms with van der Waals surface area (Å²) in [6.45, 7) is 4.02. The fourth-order valence-corrected chi connectivity index (χ4v) is 4.16. The average Bonchev–Trinajstić information content (AvgIpc) is 2.67. The zero-order chi connectivity index (χ0) is 18.0. The van der Waals surface area contributed by atoms with Gasteiger partial charge < -0.3 is 9.47 Å². The van der Waals surface area contributed by atoms with Gasteiger partial charge in [-0.3, -0.25) is 4.90 Å². The number of rotatable bonds is 3. The van der Waals surface area contributed by atoms with E-state index in [1.165, 1.54) is 11.1 Å². The van der Waals surface area contributed by atoms with E-state index in [9.17, 15) is 10.5 Å². The summed E-state index contributed by atoms with van der Waals surface area (Å²) in [4.78, 5) is 2.48. The molecule has 130 valence electrons. The van der Waals surface area contributed by atoms with Gasteiger partial charge in [0.1, 0.15) is 17.7 Å². The standard InChI is InChI=1S/C20H23N3O2/c1-4-13-12-23-6-5-14-7-19(24-2)20(25-3)9-17(14)18(23)8-16(13)15(10-21)11-22/h7,9,13,18H,4-6,8,12H2,1-3H3. The Hall–Kier alpha value is -2.50. The summed E-state index contributed by atoms with van der Waals surface area (Å²) in [5.41, 5.74) is 3.80. The third-order valence-electron chi connectivity index (χ3n) is 5.51. The maximum atomic E-state index is 9.35. The summed E-state index contributed by atoms with van der Waals surface area (Å²) in [7, 11) is 3.30. The molecule has 5 heteroatoms. The second-order valence-electron chi connectivity index (χ2n) is 6.60. The Morgan fingerprint density at radius 3 is 2.48 bits per heavy atom. The Morgan fingerprint density at radius 1 is 1.20 bits per heavy atom. The van der Waals surface area contributed by atoms with Gasteiger partial charge >= 0.3 is 0 Å². The molecule has 0 bridgehead atoms. The molecule has 2 heterocycles. The lowest BCUT2D eigenvalue weighted by Crippen LogP contribution is -2.43. The Labute approximate surface area is 149 Å². The molecule has 2 aliphatic rings. The van der Waals surface area contributed by atoms with Crippen molar-refractivity contribution in [2.24, 2.45) is 5.92 Å². The predicted molar refractivity (Wildman–Crippen MR) is 94.2 cm³/mol. The van der Waals surface area contributed by atoms with E-state index >= 15 is 0 Å². The van der Waals surface area contributed by atoms with E-state index in [1.54, 1.807) is 14.2 Å². The van der Waals surface area contributed by atoms with E-state index < -0.39 is 0 Å². The number of methoxy groups -OCH3 is 2. The highest BCUT2D eigenvalue weighted by Crippen LogP contribution is 2.45. The minimum Gasteiger partial charge on any atom is -0.493 e. The summed E-state index contributed by atoms with van der Waals surface area (Å²) >= 11 is 0. The molecule has 0 aliphatic carbocycles. The number of nitrogens with zero attached hydrogens (tertiary/aromatic N) is 3. The molecule has 3 rings (SSSR count). The highest BCUT2D eigenvalue weighted by atomic mass is 16.5. The maximum absolute atomic E-state index is 9.35. The van der Waals surface area contributed by atoms with Gasteiger partial charge in [0.25, 0.3) is 0 Å². The average molecular weight is 337 g/mol. The molecule has 2 aliphatic heterocycles. The summed E-state index contributed by atoms with van der Waals surface area (Å²) in [6, 6.07) is 8.52. The first-order chi connectivity index (χ1) is 12.2. The number of hydrogen-bond acceptors (Lipinski definition) is 5. The molecule has 2 atom stereocenters. The van der Waals surface area contributed by atoms with Gasteiger partial charge in [0, 0.05) is 19.1 Å². The number of hydrogen-bond donors (Lipinski definition) is 0. The van der Waals surface area contributed by atoms with Crippen molar-refractivity contribution in [2.75, 3.05) is 27.3 Å². The van der Waals surface area contributed by atoms with Crippen molar-refractivity contribution in [2.45, 2.75) is 32.2 Å². The lowest BCUT2D eigenvalue weighted by Gasteiger charge is -2.45. The van der Waals surface area contributed by atoms with Crippen LogP contribution in [0.4, 0.5) is 0 Å². The van der Waals surface area contributed by atoms with Crippen molar-refractivity contribution in [3.05, 3.63) is 34.4 Å². The molecule has 5 nitrogen and oxygen atoms in total. The molecule has 25 heavy (non-hydrogen) atoms. The Kier molecular flexibility index (Phi) is 4.97. The first-order valence-electron chi connectivity index (χ1n) is 8.68. The van der Waals surface area contributed by atoms with Crippen LogP contribution in [0.25, 0.3) is 0 Å². The summed E-state index contributed by atoms with van der Waals surface area (Å²) < 4.78 is 10.9. The van der Waals surface area contributed by atoms with Gasteiger partial charge in [-0.2, -0.15) is 10.5 Å². The second-order valence-corrected chi connectivity index (χ2v) is 6.60. The van der Waals surface area contributed by atoms with E-state index in [4.69, 9.17) is 9.47 Å². The van der Waals surface area contributed by atoms with Crippen molar-refractivity contribution in [3.8, 4) is 23.6 Å². The number of benzene rings is 1. The lowest BCUT2D eigenvalue weighted by molar-refractivity contribution is 0.129. The Morgan fingerprint density at radius 2 is 1.88 bits per heavy atom. The number of nitriles is 2. The third kappa shape index (κ3) is 2.97. The van der Waals surface area contributed by atoms with Crippen LogP contribution in [0.2, 0.25) is 0 Å². The van der Waals surface area contributed by atoms with Crippen LogP contribution in [0, 0.1) is 28.6 Å². The van der Waals surface area contributed by atoms with Crippen LogP contribution < -0.4 is 9.47 Å². The minimum absolute atomic E-state index is 0.193. The number of ether oxygens (including phenoxy) is 2. The first-order valence-corrected chi connectivity index (χ1v) is 8.68. The van der Waals surface area contributed by atoms with E-state index in [-0.39, 0.29) is 12.0 Å². The van der Waals surface area contributed by atoms with Crippen LogP contribution in [-0.2, 0) is 6.42 Å². The van der Waals surface area contributed by atoms with Crippen LogP contribution in [0.15, 0.2) is 23.3 Å². The molecule has 1 fully saturated rings. The monoisotopic (exact) mass is 337 g/mol. The van der Waals surface area contributed by atoms with Gasteiger partial charge in [-0.25, -0.2) is 0 Å². The largest absolute Gasteiger partial charge is 0.493 e. The zero-order valence-electron chi connectivity index (χ0n) is 15.0. The van der Waals surface area contributed by atoms with Gasteiger partial charge in [0.05, 0.1) is 14.2 Å². The van der Waals surface area contributed by atoms with Crippen LogP contribution in [-0.4, -0.2) is 32.2 Å². The van der Waals surface area contributed by atoms with Crippen molar-refractivity contribution in [1.82, 2.24) is 4.90 Å². The fourth-order valence-electron chi connectivity index (χ4n) is 4.16. The highest BCUT2D eigenvalue weighted by Gasteiger charge is 2.37. The summed E-state index contributed by atoms with van der Waals surface area (Å²) in [5.74, 6) is 1.77. The van der Waals surface area contributed by atoms with Gasteiger partial charge in [0.2, 0.25) is 0 Å². The van der Waals surface area contributed by atoms with Gasteiger partial charge in [-0.15, -0.1) is 0 Å². The Balaban J connectivity index is 2.06. The predicted octanol–water partition coefficient (Wildman–Crippen LogP) is 3.38. The van der Waals surface area contributed by atoms with Gasteiger partial charge in [0.15, 0.2) is 11.5 Å². The number of fused-ring (bicyclic) bond motifs is 3. The quantitative estimate of drug-likeness (QED) is 0.791. The van der Waals surface area contributed by atoms with Crippen molar-refractivity contribution in [3.63, 3.8) is 0 Å². The van der Waals surface area contributed by atoms with Crippen LogP contribution in [0.1, 0.15) is 36.9 Å². The third-order valence-corrected chi connectivity index (χ3v) is 5.51. The first kappa shape index (κ1) is 17.3. The molecule has 2 unspecified atom stereocenters. The Bertz CT molecular complexity index is 769. The fraction of sp³-hybridized carbons (Fsp3) is 0.500. The van der Waals surface area contributed by atoms with Gasteiger partial charge in [-0.05, 0) is 54.0 Å². The lowest BCUT2D eigenvalue weighted by atomic mass is 9.78. The van der Waals surface area contributed by atoms with E-state index in [0.717, 1.165) is 49.4 Å². The normalized spacial score (nSPS) is 22.2. The zero-order valence-corrected chi connectivity index (χ0v) is 15.0. The number of piperidine rings is 1. The molecule has 0 aromatic heterocycles. The minimum atomic E-state index is 0.193. The summed E-state index contributed by atoms with van der Waals surface area (Å²) in [6.07, 6.45) is 2.66. The second kappa shape index (κ2) is 7.17. The molecular formula is C20H23N3O2.